The fourth-order valence-electron chi connectivity index (χ4n) is 2.77. The molecule has 2 aromatic carbocycles. The highest BCUT2D eigenvalue weighted by molar-refractivity contribution is 7.13. The number of aromatic nitrogens is 3. The minimum atomic E-state index is -0.852. The van der Waals surface area contributed by atoms with Crippen LogP contribution in [0.5, 0.6) is 0 Å². The Labute approximate surface area is 163 Å². The maximum atomic E-state index is 14.5. The third-order valence-corrected chi connectivity index (χ3v) is 4.96. The van der Waals surface area contributed by atoms with Gasteiger partial charge in [-0.3, -0.25) is 9.48 Å². The largest absolute Gasteiger partial charge is 0.318 e. The Morgan fingerprint density at radius 1 is 1.14 bits per heavy atom. The number of nitrogens with one attached hydrogen (secondary N) is 1. The maximum absolute atomic E-state index is 14.5. The molecule has 0 radical (unpaired) electrons. The van der Waals surface area contributed by atoms with E-state index in [2.05, 4.69) is 15.4 Å². The molecule has 0 saturated carbocycles. The summed E-state index contributed by atoms with van der Waals surface area (Å²) in [6.45, 7) is 0. The van der Waals surface area contributed by atoms with Crippen LogP contribution in [0.4, 0.5) is 14.5 Å². The number of halogens is 2. The molecule has 0 unspecified atom stereocenters. The van der Waals surface area contributed by atoms with E-state index in [-0.39, 0.29) is 16.9 Å². The minimum Gasteiger partial charge on any atom is -0.318 e. The van der Waals surface area contributed by atoms with Gasteiger partial charge in [0, 0.05) is 35.8 Å². The Balaban J connectivity index is 1.66. The van der Waals surface area contributed by atoms with Gasteiger partial charge in [0.1, 0.15) is 22.3 Å². The number of hydrogen-bond donors (Lipinski definition) is 1. The van der Waals surface area contributed by atoms with E-state index < -0.39 is 17.5 Å². The normalized spacial score (nSPS) is 10.8. The SMILES string of the molecule is Cn1cc(-c2nc(C(=O)Nc3c(F)cc(F)cc3-c3ccccc3)cs2)cn1. The third-order valence-electron chi connectivity index (χ3n) is 4.07. The summed E-state index contributed by atoms with van der Waals surface area (Å²) in [5.74, 6) is -2.15. The van der Waals surface area contributed by atoms with Gasteiger partial charge in [-0.25, -0.2) is 13.8 Å². The van der Waals surface area contributed by atoms with Gasteiger partial charge in [-0.1, -0.05) is 30.3 Å². The molecule has 2 heterocycles. The third kappa shape index (κ3) is 3.54. The quantitative estimate of drug-likeness (QED) is 0.542. The van der Waals surface area contributed by atoms with Crippen molar-refractivity contribution in [2.45, 2.75) is 0 Å². The Kier molecular flexibility index (Phi) is 4.70. The van der Waals surface area contributed by atoms with Gasteiger partial charge in [0.2, 0.25) is 0 Å². The van der Waals surface area contributed by atoms with Crippen LogP contribution in [-0.2, 0) is 7.05 Å². The molecule has 0 bridgehead atoms. The van der Waals surface area contributed by atoms with Crippen LogP contribution >= 0.6 is 11.3 Å². The number of amides is 1. The highest BCUT2D eigenvalue weighted by Crippen LogP contribution is 2.32. The number of thiazole rings is 1. The van der Waals surface area contributed by atoms with Crippen LogP contribution in [0.2, 0.25) is 0 Å². The Morgan fingerprint density at radius 3 is 2.64 bits per heavy atom. The molecule has 4 rings (SSSR count). The zero-order valence-electron chi connectivity index (χ0n) is 14.7. The molecule has 1 N–H and O–H groups in total. The lowest BCUT2D eigenvalue weighted by molar-refractivity contribution is 0.102. The van der Waals surface area contributed by atoms with Gasteiger partial charge in [0.05, 0.1) is 11.9 Å². The van der Waals surface area contributed by atoms with E-state index in [1.54, 1.807) is 59.8 Å². The lowest BCUT2D eigenvalue weighted by Gasteiger charge is -2.12. The number of anilines is 1. The van der Waals surface area contributed by atoms with E-state index in [0.29, 0.717) is 10.6 Å². The van der Waals surface area contributed by atoms with Crippen molar-refractivity contribution >= 4 is 22.9 Å². The van der Waals surface area contributed by atoms with Gasteiger partial charge in [-0.15, -0.1) is 11.3 Å². The molecular formula is C20H14F2N4OS. The van der Waals surface area contributed by atoms with Gasteiger partial charge in [0.15, 0.2) is 0 Å². The Hall–Kier alpha value is -3.39. The zero-order chi connectivity index (χ0) is 19.7. The molecule has 4 aromatic rings. The molecule has 1 amide bonds. The van der Waals surface area contributed by atoms with Crippen molar-refractivity contribution in [3.8, 4) is 21.7 Å². The molecule has 0 aliphatic carbocycles. The van der Waals surface area contributed by atoms with E-state index in [1.807, 2.05) is 0 Å². The second-order valence-corrected chi connectivity index (χ2v) is 6.93. The number of hydrogen-bond acceptors (Lipinski definition) is 4. The minimum absolute atomic E-state index is 0.0893. The zero-order valence-corrected chi connectivity index (χ0v) is 15.5. The van der Waals surface area contributed by atoms with Crippen molar-refractivity contribution in [3.63, 3.8) is 0 Å². The number of nitrogens with zero attached hydrogens (tertiary/aromatic N) is 3. The second-order valence-electron chi connectivity index (χ2n) is 6.07. The molecule has 0 aliphatic heterocycles. The highest BCUT2D eigenvalue weighted by Gasteiger charge is 2.19. The highest BCUT2D eigenvalue weighted by atomic mass is 32.1. The van der Waals surface area contributed by atoms with E-state index in [9.17, 15) is 13.6 Å². The van der Waals surface area contributed by atoms with Crippen molar-refractivity contribution in [2.75, 3.05) is 5.32 Å². The molecule has 0 spiro atoms. The van der Waals surface area contributed by atoms with Crippen molar-refractivity contribution in [1.82, 2.24) is 14.8 Å². The molecule has 8 heteroatoms. The summed E-state index contributed by atoms with van der Waals surface area (Å²) in [5.41, 5.74) is 1.68. The van der Waals surface area contributed by atoms with Gasteiger partial charge >= 0.3 is 0 Å². The first-order chi connectivity index (χ1) is 13.5. The maximum Gasteiger partial charge on any atom is 0.275 e. The summed E-state index contributed by atoms with van der Waals surface area (Å²) in [5, 5.41) is 8.82. The molecule has 28 heavy (non-hydrogen) atoms. The monoisotopic (exact) mass is 396 g/mol. The second kappa shape index (κ2) is 7.32. The van der Waals surface area contributed by atoms with Crippen molar-refractivity contribution in [2.24, 2.45) is 7.05 Å². The van der Waals surface area contributed by atoms with Crippen LogP contribution in [0.15, 0.2) is 60.2 Å². The average molecular weight is 396 g/mol. The van der Waals surface area contributed by atoms with E-state index in [0.717, 1.165) is 11.6 Å². The summed E-state index contributed by atoms with van der Waals surface area (Å²) >= 11 is 1.28. The van der Waals surface area contributed by atoms with Crippen molar-refractivity contribution in [1.29, 1.82) is 0 Å². The predicted octanol–water partition coefficient (Wildman–Crippen LogP) is 4.74. The van der Waals surface area contributed by atoms with Crippen molar-refractivity contribution in [3.05, 3.63) is 77.6 Å². The van der Waals surface area contributed by atoms with Gasteiger partial charge in [-0.2, -0.15) is 5.10 Å². The molecule has 0 aliphatic rings. The van der Waals surface area contributed by atoms with E-state index >= 15 is 0 Å². The number of carbonyl (C=O) groups is 1. The molecule has 140 valence electrons. The lowest BCUT2D eigenvalue weighted by Crippen LogP contribution is -2.14. The fraction of sp³-hybridized carbons (Fsp3) is 0.0500. The Morgan fingerprint density at radius 2 is 1.93 bits per heavy atom. The predicted molar refractivity (Wildman–Crippen MR) is 104 cm³/mol. The molecule has 0 atom stereocenters. The van der Waals surface area contributed by atoms with Gasteiger partial charge in [-0.05, 0) is 11.6 Å². The smallest absolute Gasteiger partial charge is 0.275 e. The van der Waals surface area contributed by atoms with Crippen molar-refractivity contribution < 1.29 is 13.6 Å². The summed E-state index contributed by atoms with van der Waals surface area (Å²) in [7, 11) is 1.78. The van der Waals surface area contributed by atoms with Crippen LogP contribution in [0.1, 0.15) is 10.5 Å². The number of carbonyl (C=O) groups excluding carboxylic acids is 1. The van der Waals surface area contributed by atoms with Crippen LogP contribution in [0.3, 0.4) is 0 Å². The summed E-state index contributed by atoms with van der Waals surface area (Å²) < 4.78 is 29.9. The first kappa shape index (κ1) is 18.0. The summed E-state index contributed by atoms with van der Waals surface area (Å²) in [6, 6.07) is 10.7. The topological polar surface area (TPSA) is 59.8 Å². The standard InChI is InChI=1S/C20H14F2N4OS/c1-26-10-13(9-23-26)20-24-17(11-28-20)19(27)25-18-15(7-14(21)8-16(18)22)12-5-3-2-4-6-12/h2-11H,1H3,(H,25,27). The summed E-state index contributed by atoms with van der Waals surface area (Å²) in [4.78, 5) is 16.9. The lowest BCUT2D eigenvalue weighted by atomic mass is 10.0. The molecular weight excluding hydrogens is 382 g/mol. The van der Waals surface area contributed by atoms with Gasteiger partial charge < -0.3 is 5.32 Å². The van der Waals surface area contributed by atoms with E-state index in [1.165, 1.54) is 17.4 Å². The van der Waals surface area contributed by atoms with Crippen LogP contribution in [-0.4, -0.2) is 20.7 Å². The first-order valence-corrected chi connectivity index (χ1v) is 9.19. The molecule has 2 aromatic heterocycles. The number of benzene rings is 2. The molecule has 0 saturated heterocycles. The number of rotatable bonds is 4. The first-order valence-electron chi connectivity index (χ1n) is 8.31. The van der Waals surface area contributed by atoms with Gasteiger partial charge in [0.25, 0.3) is 5.91 Å². The summed E-state index contributed by atoms with van der Waals surface area (Å²) in [6.07, 6.45) is 3.43. The fourth-order valence-corrected chi connectivity index (χ4v) is 3.54. The van der Waals surface area contributed by atoms with E-state index in [4.69, 9.17) is 0 Å². The molecule has 0 fully saturated rings. The molecule has 5 nitrogen and oxygen atoms in total. The van der Waals surface area contributed by atoms with Crippen LogP contribution in [0, 0.1) is 11.6 Å². The van der Waals surface area contributed by atoms with Crippen LogP contribution < -0.4 is 5.32 Å². The van der Waals surface area contributed by atoms with Crippen LogP contribution in [0.25, 0.3) is 21.7 Å². The Bertz CT molecular complexity index is 1150. The average Bonchev–Trinajstić information content (AvgIpc) is 3.33. The number of aryl methyl sites for hydroxylation is 1.